The third-order valence-corrected chi connectivity index (χ3v) is 5.24. The molecule has 0 aromatic heterocycles. The van der Waals surface area contributed by atoms with Crippen molar-refractivity contribution in [1.29, 1.82) is 0 Å². The molecule has 2 aliphatic rings. The number of rotatable bonds is 3. The Morgan fingerprint density at radius 2 is 2.00 bits per heavy atom. The van der Waals surface area contributed by atoms with E-state index in [2.05, 4.69) is 0 Å². The molecular formula is C20H19FN2O2. The van der Waals surface area contributed by atoms with Gasteiger partial charge in [-0.15, -0.1) is 0 Å². The predicted molar refractivity (Wildman–Crippen MR) is 92.2 cm³/mol. The molecule has 0 bridgehead atoms. The van der Waals surface area contributed by atoms with Gasteiger partial charge in [0.05, 0.1) is 0 Å². The first-order valence-electron chi connectivity index (χ1n) is 8.42. The van der Waals surface area contributed by atoms with Crippen LogP contribution in [-0.4, -0.2) is 29.3 Å². The summed E-state index contributed by atoms with van der Waals surface area (Å²) in [6.45, 7) is 2.47. The van der Waals surface area contributed by atoms with Crippen LogP contribution in [0.25, 0.3) is 11.1 Å². The van der Waals surface area contributed by atoms with E-state index in [1.165, 1.54) is 12.1 Å². The number of halogens is 1. The maximum absolute atomic E-state index is 13.6. The number of aryl methyl sites for hydroxylation is 1. The van der Waals surface area contributed by atoms with Crippen molar-refractivity contribution in [2.45, 2.75) is 19.4 Å². The van der Waals surface area contributed by atoms with Gasteiger partial charge in [-0.25, -0.2) is 4.39 Å². The largest absolute Gasteiger partial charge is 0.368 e. The fourth-order valence-electron chi connectivity index (χ4n) is 3.94. The maximum Gasteiger partial charge on any atom is 0.255 e. The van der Waals surface area contributed by atoms with Crippen LogP contribution in [-0.2, 0) is 4.79 Å². The Morgan fingerprint density at radius 3 is 2.72 bits per heavy atom. The van der Waals surface area contributed by atoms with Gasteiger partial charge in [-0.05, 0) is 54.5 Å². The van der Waals surface area contributed by atoms with E-state index in [-0.39, 0.29) is 17.6 Å². The third-order valence-electron chi connectivity index (χ3n) is 5.24. The second-order valence-electron chi connectivity index (χ2n) is 7.02. The van der Waals surface area contributed by atoms with Crippen molar-refractivity contribution < 1.29 is 14.0 Å². The quantitative estimate of drug-likeness (QED) is 0.935. The zero-order valence-corrected chi connectivity index (χ0v) is 13.9. The minimum absolute atomic E-state index is 0.198. The Balaban J connectivity index is 1.76. The highest BCUT2D eigenvalue weighted by molar-refractivity contribution is 6.03. The summed E-state index contributed by atoms with van der Waals surface area (Å²) in [5.74, 6) is -0.432. The van der Waals surface area contributed by atoms with Crippen LogP contribution >= 0.6 is 0 Å². The molecule has 1 aliphatic heterocycles. The molecule has 4 nitrogen and oxygen atoms in total. The predicted octanol–water partition coefficient (Wildman–Crippen LogP) is 2.75. The van der Waals surface area contributed by atoms with E-state index < -0.39 is 11.9 Å². The molecule has 1 heterocycles. The van der Waals surface area contributed by atoms with E-state index in [0.717, 1.165) is 12.0 Å². The first-order valence-corrected chi connectivity index (χ1v) is 8.42. The minimum Gasteiger partial charge on any atom is -0.368 e. The van der Waals surface area contributed by atoms with Gasteiger partial charge in [0.1, 0.15) is 11.9 Å². The Bertz CT molecular complexity index is 880. The van der Waals surface area contributed by atoms with Gasteiger partial charge in [-0.2, -0.15) is 0 Å². The number of hydrogen-bond donors (Lipinski definition) is 1. The molecular weight excluding hydrogens is 319 g/mol. The van der Waals surface area contributed by atoms with Gasteiger partial charge in [-0.1, -0.05) is 29.8 Å². The molecule has 2 N–H and O–H groups in total. The number of hydrogen-bond acceptors (Lipinski definition) is 2. The number of carbonyl (C=O) groups excluding carboxylic acids is 2. The van der Waals surface area contributed by atoms with Crippen LogP contribution in [0.15, 0.2) is 42.5 Å². The summed E-state index contributed by atoms with van der Waals surface area (Å²) in [6.07, 6.45) is 0.960. The first kappa shape index (κ1) is 15.8. The van der Waals surface area contributed by atoms with Gasteiger partial charge in [0.2, 0.25) is 5.91 Å². The molecule has 2 aromatic carbocycles. The van der Waals surface area contributed by atoms with Crippen molar-refractivity contribution in [3.8, 4) is 11.1 Å². The lowest BCUT2D eigenvalue weighted by molar-refractivity contribution is -0.122. The molecule has 0 unspecified atom stereocenters. The van der Waals surface area contributed by atoms with Gasteiger partial charge < -0.3 is 10.6 Å². The van der Waals surface area contributed by atoms with Crippen LogP contribution in [0.5, 0.6) is 0 Å². The van der Waals surface area contributed by atoms with Crippen LogP contribution in [0.2, 0.25) is 0 Å². The van der Waals surface area contributed by atoms with E-state index in [1.807, 2.05) is 19.1 Å². The lowest BCUT2D eigenvalue weighted by atomic mass is 9.96. The average molecular weight is 338 g/mol. The lowest BCUT2D eigenvalue weighted by Crippen LogP contribution is -2.46. The molecule has 2 aromatic rings. The van der Waals surface area contributed by atoms with Crippen LogP contribution in [0.1, 0.15) is 22.3 Å². The monoisotopic (exact) mass is 338 g/mol. The van der Waals surface area contributed by atoms with Crippen molar-refractivity contribution >= 4 is 11.8 Å². The van der Waals surface area contributed by atoms with Crippen molar-refractivity contribution in [1.82, 2.24) is 4.90 Å². The molecule has 3 atom stereocenters. The second-order valence-corrected chi connectivity index (χ2v) is 7.02. The fraction of sp³-hybridized carbons (Fsp3) is 0.300. The van der Waals surface area contributed by atoms with E-state index in [1.54, 1.807) is 23.1 Å². The van der Waals surface area contributed by atoms with Crippen LogP contribution in [0.4, 0.5) is 4.39 Å². The van der Waals surface area contributed by atoms with Crippen molar-refractivity contribution in [3.05, 3.63) is 59.4 Å². The van der Waals surface area contributed by atoms with Crippen molar-refractivity contribution in [2.24, 2.45) is 17.6 Å². The van der Waals surface area contributed by atoms with Gasteiger partial charge in [0, 0.05) is 12.1 Å². The van der Waals surface area contributed by atoms with E-state index >= 15 is 0 Å². The van der Waals surface area contributed by atoms with Gasteiger partial charge in [-0.3, -0.25) is 9.59 Å². The summed E-state index contributed by atoms with van der Waals surface area (Å²) in [4.78, 5) is 26.6. The second kappa shape index (κ2) is 5.69. The fourth-order valence-corrected chi connectivity index (χ4v) is 3.94. The summed E-state index contributed by atoms with van der Waals surface area (Å²) >= 11 is 0. The lowest BCUT2D eigenvalue weighted by Gasteiger charge is -2.26. The summed E-state index contributed by atoms with van der Waals surface area (Å²) < 4.78 is 13.6. The van der Waals surface area contributed by atoms with E-state index in [0.29, 0.717) is 29.2 Å². The highest BCUT2D eigenvalue weighted by Crippen LogP contribution is 2.50. The molecule has 25 heavy (non-hydrogen) atoms. The Kier molecular flexibility index (Phi) is 3.60. The number of benzene rings is 2. The number of carbonyl (C=O) groups is 2. The molecule has 1 aliphatic carbocycles. The number of nitrogens with zero attached hydrogens (tertiary/aromatic N) is 1. The Labute approximate surface area is 145 Å². The number of fused-ring (bicyclic) bond motifs is 1. The smallest absolute Gasteiger partial charge is 0.255 e. The molecule has 4 rings (SSSR count). The number of amides is 2. The Morgan fingerprint density at radius 1 is 1.20 bits per heavy atom. The van der Waals surface area contributed by atoms with Crippen LogP contribution < -0.4 is 5.73 Å². The Hall–Kier alpha value is -2.69. The SMILES string of the molecule is Cc1ccc(-c2cccc(F)c2)c(C(=O)N2C[C@H]3C[C@H]3[C@H]2C(N)=O)c1. The third kappa shape index (κ3) is 2.69. The van der Waals surface area contributed by atoms with Gasteiger partial charge >= 0.3 is 0 Å². The van der Waals surface area contributed by atoms with Gasteiger partial charge in [0.25, 0.3) is 5.91 Å². The topological polar surface area (TPSA) is 63.4 Å². The zero-order valence-electron chi connectivity index (χ0n) is 13.9. The summed E-state index contributed by atoms with van der Waals surface area (Å²) in [7, 11) is 0. The first-order chi connectivity index (χ1) is 12.0. The molecule has 1 saturated heterocycles. The van der Waals surface area contributed by atoms with Crippen LogP contribution in [0.3, 0.4) is 0 Å². The van der Waals surface area contributed by atoms with E-state index in [9.17, 15) is 14.0 Å². The maximum atomic E-state index is 13.6. The molecule has 2 amide bonds. The normalized spacial score (nSPS) is 24.1. The summed E-state index contributed by atoms with van der Waals surface area (Å²) in [5.41, 5.74) is 8.26. The standard InChI is InChI=1S/C20H19FN2O2/c1-11-5-6-15(12-3-2-4-14(21)8-12)17(7-11)20(25)23-10-13-9-16(13)18(23)19(22)24/h2-8,13,16,18H,9-10H2,1H3,(H2,22,24)/t13-,16-,18+/m1/s1. The molecule has 5 heteroatoms. The van der Waals surface area contributed by atoms with Crippen molar-refractivity contribution in [3.63, 3.8) is 0 Å². The molecule has 0 spiro atoms. The number of primary amides is 1. The van der Waals surface area contributed by atoms with E-state index in [4.69, 9.17) is 5.73 Å². The zero-order chi connectivity index (χ0) is 17.7. The van der Waals surface area contributed by atoms with Crippen LogP contribution in [0, 0.1) is 24.6 Å². The van der Waals surface area contributed by atoms with Crippen molar-refractivity contribution in [2.75, 3.05) is 6.54 Å². The molecule has 2 fully saturated rings. The number of nitrogens with two attached hydrogens (primary N) is 1. The highest BCUT2D eigenvalue weighted by Gasteiger charge is 2.56. The number of piperidine rings is 1. The highest BCUT2D eigenvalue weighted by atomic mass is 19.1. The summed E-state index contributed by atoms with van der Waals surface area (Å²) in [5, 5.41) is 0. The number of likely N-dealkylation sites (tertiary alicyclic amines) is 1. The summed E-state index contributed by atoms with van der Waals surface area (Å²) in [6, 6.07) is 11.2. The molecule has 1 saturated carbocycles. The minimum atomic E-state index is -0.529. The molecule has 0 radical (unpaired) electrons. The molecule has 128 valence electrons. The van der Waals surface area contributed by atoms with Gasteiger partial charge in [0.15, 0.2) is 0 Å². The average Bonchev–Trinajstić information content (AvgIpc) is 3.23.